The predicted octanol–water partition coefficient (Wildman–Crippen LogP) is 2.87. The van der Waals surface area contributed by atoms with Gasteiger partial charge in [0.05, 0.1) is 12.7 Å². The number of alkyl halides is 3. The lowest BCUT2D eigenvalue weighted by Crippen LogP contribution is -2.25. The third kappa shape index (κ3) is 2.97. The van der Waals surface area contributed by atoms with E-state index in [1.807, 2.05) is 0 Å². The summed E-state index contributed by atoms with van der Waals surface area (Å²) in [5.74, 6) is -3.17. The number of carbonyl (C=O) groups excluding carboxylic acids is 2. The predicted molar refractivity (Wildman–Crippen MR) is 53.2 cm³/mol. The summed E-state index contributed by atoms with van der Waals surface area (Å²) in [6.45, 7) is 0. The van der Waals surface area contributed by atoms with E-state index in [9.17, 15) is 22.8 Å². The summed E-state index contributed by atoms with van der Waals surface area (Å²) in [7, 11) is 0.991. The van der Waals surface area contributed by atoms with Gasteiger partial charge in [-0.2, -0.15) is 13.2 Å². The van der Waals surface area contributed by atoms with Gasteiger partial charge < -0.3 is 4.74 Å². The Morgan fingerprint density at radius 1 is 1.24 bits per heavy atom. The van der Waals surface area contributed by atoms with Gasteiger partial charge in [0.15, 0.2) is 0 Å². The van der Waals surface area contributed by atoms with Gasteiger partial charge in [0.25, 0.3) is 5.78 Å². The normalized spacial score (nSPS) is 11.1. The van der Waals surface area contributed by atoms with E-state index in [1.54, 1.807) is 0 Å². The SMILES string of the molecule is COC(=O)c1cc(Cl)ccc1C(=O)C(F)(F)F. The standard InChI is InChI=1S/C10H6ClF3O3/c1-17-9(16)7-4-5(11)2-3-6(7)8(15)10(12,13)14/h2-4H,1H3. The zero-order chi connectivity index (χ0) is 13.2. The fourth-order valence-electron chi connectivity index (χ4n) is 1.15. The molecule has 1 aromatic carbocycles. The second kappa shape index (κ2) is 4.75. The molecule has 7 heteroatoms. The minimum absolute atomic E-state index is 0.0316. The van der Waals surface area contributed by atoms with Crippen LogP contribution in [0.5, 0.6) is 0 Å². The molecule has 1 rings (SSSR count). The van der Waals surface area contributed by atoms with Crippen LogP contribution in [0.3, 0.4) is 0 Å². The van der Waals surface area contributed by atoms with Gasteiger partial charge in [-0.15, -0.1) is 0 Å². The Labute approximate surface area is 99.1 Å². The van der Waals surface area contributed by atoms with Gasteiger partial charge in [-0.05, 0) is 18.2 Å². The van der Waals surface area contributed by atoms with Crippen molar-refractivity contribution in [1.82, 2.24) is 0 Å². The molecule has 0 aliphatic heterocycles. The van der Waals surface area contributed by atoms with Crippen LogP contribution in [0.1, 0.15) is 20.7 Å². The summed E-state index contributed by atoms with van der Waals surface area (Å²) in [6, 6.07) is 2.88. The maximum atomic E-state index is 12.2. The third-order valence-corrected chi connectivity index (χ3v) is 2.12. The van der Waals surface area contributed by atoms with Crippen LogP contribution in [0.15, 0.2) is 18.2 Å². The topological polar surface area (TPSA) is 43.4 Å². The summed E-state index contributed by atoms with van der Waals surface area (Å²) in [5.41, 5.74) is -1.30. The van der Waals surface area contributed by atoms with Crippen LogP contribution in [0, 0.1) is 0 Å². The van der Waals surface area contributed by atoms with Crippen molar-refractivity contribution in [1.29, 1.82) is 0 Å². The van der Waals surface area contributed by atoms with Crippen molar-refractivity contribution in [2.45, 2.75) is 6.18 Å². The summed E-state index contributed by atoms with van der Waals surface area (Å²) in [4.78, 5) is 22.3. The molecule has 0 radical (unpaired) electrons. The molecular weight excluding hydrogens is 261 g/mol. The molecule has 0 saturated heterocycles. The van der Waals surface area contributed by atoms with Crippen LogP contribution >= 0.6 is 11.6 Å². The third-order valence-electron chi connectivity index (χ3n) is 1.89. The first-order valence-corrected chi connectivity index (χ1v) is 4.64. The Hall–Kier alpha value is -1.56. The molecule has 0 bridgehead atoms. The molecule has 17 heavy (non-hydrogen) atoms. The van der Waals surface area contributed by atoms with E-state index >= 15 is 0 Å². The fourth-order valence-corrected chi connectivity index (χ4v) is 1.32. The monoisotopic (exact) mass is 266 g/mol. The molecule has 1 aromatic rings. The van der Waals surface area contributed by atoms with Crippen molar-refractivity contribution in [2.24, 2.45) is 0 Å². The number of hydrogen-bond donors (Lipinski definition) is 0. The zero-order valence-electron chi connectivity index (χ0n) is 8.47. The average molecular weight is 267 g/mol. The van der Waals surface area contributed by atoms with Crippen LogP contribution in [0.4, 0.5) is 13.2 Å². The minimum atomic E-state index is -5.06. The lowest BCUT2D eigenvalue weighted by atomic mass is 10.0. The van der Waals surface area contributed by atoms with Crippen molar-refractivity contribution < 1.29 is 27.5 Å². The molecule has 92 valence electrons. The van der Waals surface area contributed by atoms with Gasteiger partial charge in [-0.1, -0.05) is 11.6 Å². The number of hydrogen-bond acceptors (Lipinski definition) is 3. The van der Waals surface area contributed by atoms with E-state index in [-0.39, 0.29) is 5.02 Å². The van der Waals surface area contributed by atoms with Crippen LogP contribution in [-0.2, 0) is 4.74 Å². The van der Waals surface area contributed by atoms with Gasteiger partial charge in [0.2, 0.25) is 0 Å². The van der Waals surface area contributed by atoms with Crippen LogP contribution < -0.4 is 0 Å². The average Bonchev–Trinajstić information content (AvgIpc) is 2.25. The molecule has 0 saturated carbocycles. The number of Topliss-reactive ketones (excluding diaryl/α,β-unsaturated/α-hetero) is 1. The molecule has 0 spiro atoms. The summed E-state index contributed by atoms with van der Waals surface area (Å²) >= 11 is 5.54. The highest BCUT2D eigenvalue weighted by atomic mass is 35.5. The maximum Gasteiger partial charge on any atom is 0.454 e. The van der Waals surface area contributed by atoms with E-state index in [0.29, 0.717) is 0 Å². The summed E-state index contributed by atoms with van der Waals surface area (Å²) < 4.78 is 41.0. The Balaban J connectivity index is 3.34. The number of halogens is 4. The fraction of sp³-hybridized carbons (Fsp3) is 0.200. The molecule has 3 nitrogen and oxygen atoms in total. The highest BCUT2D eigenvalue weighted by Gasteiger charge is 2.41. The molecular formula is C10H6ClF3O3. The second-order valence-electron chi connectivity index (χ2n) is 3.01. The molecule has 0 N–H and O–H groups in total. The van der Waals surface area contributed by atoms with E-state index in [0.717, 1.165) is 25.3 Å². The molecule has 0 aliphatic rings. The van der Waals surface area contributed by atoms with E-state index in [1.165, 1.54) is 0 Å². The number of carbonyl (C=O) groups is 2. The van der Waals surface area contributed by atoms with Crippen molar-refractivity contribution >= 4 is 23.4 Å². The first kappa shape index (κ1) is 13.5. The van der Waals surface area contributed by atoms with Crippen molar-refractivity contribution in [2.75, 3.05) is 7.11 Å². The number of esters is 1. The Kier molecular flexibility index (Phi) is 3.77. The molecule has 0 atom stereocenters. The molecule has 0 amide bonds. The molecule has 0 aliphatic carbocycles. The Morgan fingerprint density at radius 2 is 1.82 bits per heavy atom. The molecule has 0 aromatic heterocycles. The van der Waals surface area contributed by atoms with Crippen molar-refractivity contribution in [3.63, 3.8) is 0 Å². The Morgan fingerprint density at radius 3 is 2.29 bits per heavy atom. The first-order chi connectivity index (χ1) is 7.77. The Bertz CT molecular complexity index is 468. The molecule has 0 fully saturated rings. The number of benzene rings is 1. The zero-order valence-corrected chi connectivity index (χ0v) is 9.22. The minimum Gasteiger partial charge on any atom is -0.465 e. The van der Waals surface area contributed by atoms with Crippen molar-refractivity contribution in [3.8, 4) is 0 Å². The van der Waals surface area contributed by atoms with Gasteiger partial charge in [0.1, 0.15) is 0 Å². The number of methoxy groups -OCH3 is 1. The molecule has 0 heterocycles. The van der Waals surface area contributed by atoms with Crippen molar-refractivity contribution in [3.05, 3.63) is 34.3 Å². The lowest BCUT2D eigenvalue weighted by molar-refractivity contribution is -0.0885. The first-order valence-electron chi connectivity index (χ1n) is 4.26. The van der Waals surface area contributed by atoms with Gasteiger partial charge >= 0.3 is 12.1 Å². The van der Waals surface area contributed by atoms with E-state index in [4.69, 9.17) is 11.6 Å². The number of rotatable bonds is 2. The van der Waals surface area contributed by atoms with Gasteiger partial charge in [0, 0.05) is 10.6 Å². The van der Waals surface area contributed by atoms with E-state index in [2.05, 4.69) is 4.74 Å². The molecule has 0 unspecified atom stereocenters. The van der Waals surface area contributed by atoms with E-state index < -0.39 is 29.1 Å². The highest BCUT2D eigenvalue weighted by molar-refractivity contribution is 6.31. The van der Waals surface area contributed by atoms with Crippen LogP contribution in [0.2, 0.25) is 5.02 Å². The largest absolute Gasteiger partial charge is 0.465 e. The van der Waals surface area contributed by atoms with Gasteiger partial charge in [-0.3, -0.25) is 4.79 Å². The number of ether oxygens (including phenoxy) is 1. The summed E-state index contributed by atoms with van der Waals surface area (Å²) in [5, 5.41) is 0.0316. The maximum absolute atomic E-state index is 12.2. The smallest absolute Gasteiger partial charge is 0.454 e. The van der Waals surface area contributed by atoms with Crippen LogP contribution in [0.25, 0.3) is 0 Å². The van der Waals surface area contributed by atoms with Gasteiger partial charge in [-0.25, -0.2) is 4.79 Å². The number of ketones is 1. The summed E-state index contributed by atoms with van der Waals surface area (Å²) in [6.07, 6.45) is -5.06. The lowest BCUT2D eigenvalue weighted by Gasteiger charge is -2.09. The quantitative estimate of drug-likeness (QED) is 0.611. The highest BCUT2D eigenvalue weighted by Crippen LogP contribution is 2.25. The van der Waals surface area contributed by atoms with Crippen LogP contribution in [-0.4, -0.2) is 25.0 Å². The second-order valence-corrected chi connectivity index (χ2v) is 3.44.